The van der Waals surface area contributed by atoms with Crippen molar-refractivity contribution in [3.05, 3.63) is 51.9 Å². The normalized spacial score (nSPS) is 21.2. The summed E-state index contributed by atoms with van der Waals surface area (Å²) in [5, 5.41) is 13.5. The molecule has 0 aliphatic carbocycles. The molecule has 2 N–H and O–H groups in total. The van der Waals surface area contributed by atoms with Crippen LogP contribution in [0.1, 0.15) is 43.7 Å². The molecule has 2 aliphatic heterocycles. The van der Waals surface area contributed by atoms with E-state index in [-0.39, 0.29) is 17.8 Å². The van der Waals surface area contributed by atoms with Crippen LogP contribution in [-0.4, -0.2) is 69.4 Å². The van der Waals surface area contributed by atoms with Gasteiger partial charge in [-0.15, -0.1) is 0 Å². The molecule has 10 heteroatoms. The number of rotatable bonds is 9. The molecule has 0 bridgehead atoms. The maximum Gasteiger partial charge on any atom is 0.326 e. The van der Waals surface area contributed by atoms with Crippen molar-refractivity contribution in [3.63, 3.8) is 0 Å². The second kappa shape index (κ2) is 12.0. The first kappa shape index (κ1) is 27.5. The number of carbonyl (C=O) groups excluding carboxylic acids is 1. The highest BCUT2D eigenvalue weighted by molar-refractivity contribution is 5.81. The largest absolute Gasteiger partial charge is 0.459 e. The molecule has 0 saturated carbocycles. The van der Waals surface area contributed by atoms with Crippen LogP contribution in [0, 0.1) is 6.92 Å². The van der Waals surface area contributed by atoms with Crippen LogP contribution in [0.3, 0.4) is 0 Å². The van der Waals surface area contributed by atoms with Gasteiger partial charge in [0.15, 0.2) is 0 Å². The zero-order valence-electron chi connectivity index (χ0n) is 22.9. The van der Waals surface area contributed by atoms with E-state index in [0.717, 1.165) is 53.9 Å². The average Bonchev–Trinajstić information content (AvgIpc) is 3.55. The number of nitrogens with zero attached hydrogens (tertiary/aromatic N) is 3. The van der Waals surface area contributed by atoms with Gasteiger partial charge in [-0.1, -0.05) is 6.07 Å². The van der Waals surface area contributed by atoms with E-state index >= 15 is 0 Å². The summed E-state index contributed by atoms with van der Waals surface area (Å²) in [6.45, 7) is 6.12. The number of benzene rings is 1. The molecule has 3 aromatic rings. The quantitative estimate of drug-likeness (QED) is 0.399. The summed E-state index contributed by atoms with van der Waals surface area (Å²) in [6, 6.07) is 7.03. The van der Waals surface area contributed by atoms with Gasteiger partial charge in [-0.3, -0.25) is 14.9 Å². The van der Waals surface area contributed by atoms with Crippen molar-refractivity contribution in [3.8, 4) is 11.4 Å². The monoisotopic (exact) mass is 538 g/mol. The first-order chi connectivity index (χ1) is 18.8. The number of pyridine rings is 1. The topological polar surface area (TPSA) is 117 Å². The number of imidazole rings is 1. The predicted octanol–water partition coefficient (Wildman–Crippen LogP) is 2.45. The van der Waals surface area contributed by atoms with Crippen LogP contribution in [0.5, 0.6) is 0 Å². The maximum atomic E-state index is 12.7. The summed E-state index contributed by atoms with van der Waals surface area (Å²) < 4.78 is 20.7. The zero-order chi connectivity index (χ0) is 27.5. The molecule has 2 saturated heterocycles. The molecule has 0 spiro atoms. The van der Waals surface area contributed by atoms with Gasteiger partial charge in [0, 0.05) is 43.9 Å². The highest BCUT2D eigenvalue weighted by Gasteiger charge is 2.29. The van der Waals surface area contributed by atoms with Gasteiger partial charge in [-0.05, 0) is 56.9 Å². The van der Waals surface area contributed by atoms with E-state index in [1.807, 2.05) is 31.3 Å². The van der Waals surface area contributed by atoms with Crippen LogP contribution >= 0.6 is 0 Å². The van der Waals surface area contributed by atoms with Gasteiger partial charge in [0.05, 0.1) is 43.0 Å². The number of ether oxygens (including phenoxy) is 3. The van der Waals surface area contributed by atoms with Crippen LogP contribution in [0.15, 0.2) is 35.3 Å². The lowest BCUT2D eigenvalue weighted by Crippen LogP contribution is -2.46. The minimum atomic E-state index is -0.919. The van der Waals surface area contributed by atoms with Gasteiger partial charge < -0.3 is 28.5 Å². The molecule has 2 aromatic heterocycles. The third-order valence-electron chi connectivity index (χ3n) is 7.53. The standard InChI is InChI=1S/C29H38N4O6/c1-18-12-21(15-32(3)28(18)35)27-31-24-8-7-20(13-25(24)33(27)16-22-6-4-5-10-38-22)14-30-26(19(2)34)29(36)39-23-9-11-37-17-23/h7-8,12-13,15,19,22-23,26,30,34H,4-6,9-11,14,16-17H2,1-3H3/t19-,22?,23+,26+/m1/s1. The summed E-state index contributed by atoms with van der Waals surface area (Å²) in [7, 11) is 1.75. The van der Waals surface area contributed by atoms with E-state index in [4.69, 9.17) is 19.2 Å². The Hall–Kier alpha value is -3.05. The lowest BCUT2D eigenvalue weighted by molar-refractivity contribution is -0.154. The molecule has 0 radical (unpaired) electrons. The predicted molar refractivity (Wildman–Crippen MR) is 146 cm³/mol. The Kier molecular flexibility index (Phi) is 8.46. The number of nitrogens with one attached hydrogen (secondary N) is 1. The van der Waals surface area contributed by atoms with Crippen molar-refractivity contribution in [2.75, 3.05) is 19.8 Å². The minimum Gasteiger partial charge on any atom is -0.459 e. The van der Waals surface area contributed by atoms with E-state index in [1.165, 1.54) is 0 Å². The van der Waals surface area contributed by atoms with E-state index < -0.39 is 18.1 Å². The van der Waals surface area contributed by atoms with Crippen LogP contribution in [-0.2, 0) is 39.1 Å². The van der Waals surface area contributed by atoms with Crippen molar-refractivity contribution in [1.29, 1.82) is 0 Å². The summed E-state index contributed by atoms with van der Waals surface area (Å²) in [4.78, 5) is 30.0. The fraction of sp³-hybridized carbons (Fsp3) is 0.552. The molecule has 1 unspecified atom stereocenters. The van der Waals surface area contributed by atoms with E-state index in [1.54, 1.807) is 18.5 Å². The Morgan fingerprint density at radius 2 is 2.10 bits per heavy atom. The molecule has 2 aliphatic rings. The number of hydrogen-bond donors (Lipinski definition) is 2. The SMILES string of the molecule is Cc1cc(-c2nc3ccc(CN[C@H](C(=O)O[C@H]4CCOC4)[C@@H](C)O)cc3n2CC2CCCCO2)cn(C)c1=O. The van der Waals surface area contributed by atoms with Crippen LogP contribution in [0.4, 0.5) is 0 Å². The highest BCUT2D eigenvalue weighted by Crippen LogP contribution is 2.28. The molecule has 1 aromatic carbocycles. The first-order valence-electron chi connectivity index (χ1n) is 13.8. The molecule has 4 heterocycles. The van der Waals surface area contributed by atoms with Gasteiger partial charge in [-0.25, -0.2) is 4.98 Å². The molecule has 4 atom stereocenters. The molecule has 39 heavy (non-hydrogen) atoms. The van der Waals surface area contributed by atoms with Gasteiger partial charge in [0.2, 0.25) is 0 Å². The number of aliphatic hydroxyl groups excluding tert-OH is 1. The van der Waals surface area contributed by atoms with Crippen molar-refractivity contribution < 1.29 is 24.1 Å². The Morgan fingerprint density at radius 3 is 2.79 bits per heavy atom. The summed E-state index contributed by atoms with van der Waals surface area (Å²) in [6.07, 6.45) is 4.57. The van der Waals surface area contributed by atoms with Crippen molar-refractivity contribution in [2.45, 2.75) is 77.0 Å². The lowest BCUT2D eigenvalue weighted by Gasteiger charge is -2.24. The van der Waals surface area contributed by atoms with Gasteiger partial charge in [-0.2, -0.15) is 0 Å². The van der Waals surface area contributed by atoms with Crippen molar-refractivity contribution >= 4 is 17.0 Å². The summed E-state index contributed by atoms with van der Waals surface area (Å²) in [5.41, 5.74) is 4.23. The van der Waals surface area contributed by atoms with E-state index in [2.05, 4.69) is 16.0 Å². The Morgan fingerprint density at radius 1 is 1.26 bits per heavy atom. The number of aromatic nitrogens is 3. The van der Waals surface area contributed by atoms with Gasteiger partial charge >= 0.3 is 5.97 Å². The summed E-state index contributed by atoms with van der Waals surface area (Å²) in [5.74, 6) is 0.306. The second-order valence-corrected chi connectivity index (χ2v) is 10.7. The molecule has 10 nitrogen and oxygen atoms in total. The fourth-order valence-corrected chi connectivity index (χ4v) is 5.36. The number of carbonyl (C=O) groups is 1. The highest BCUT2D eigenvalue weighted by atomic mass is 16.6. The lowest BCUT2D eigenvalue weighted by atomic mass is 10.1. The Balaban J connectivity index is 1.43. The average molecular weight is 539 g/mol. The number of aliphatic hydroxyl groups is 1. The van der Waals surface area contributed by atoms with Gasteiger partial charge in [0.1, 0.15) is 18.0 Å². The molecule has 5 rings (SSSR count). The molecule has 2 fully saturated rings. The zero-order valence-corrected chi connectivity index (χ0v) is 22.9. The molecule has 210 valence electrons. The van der Waals surface area contributed by atoms with Crippen LogP contribution < -0.4 is 10.9 Å². The molecular weight excluding hydrogens is 500 g/mol. The van der Waals surface area contributed by atoms with E-state index in [0.29, 0.717) is 38.3 Å². The smallest absolute Gasteiger partial charge is 0.326 e. The van der Waals surface area contributed by atoms with Crippen molar-refractivity contribution in [1.82, 2.24) is 19.4 Å². The number of fused-ring (bicyclic) bond motifs is 1. The number of hydrogen-bond acceptors (Lipinski definition) is 8. The van der Waals surface area contributed by atoms with Crippen LogP contribution in [0.2, 0.25) is 0 Å². The number of esters is 1. The molecular formula is C29H38N4O6. The third kappa shape index (κ3) is 6.24. The second-order valence-electron chi connectivity index (χ2n) is 10.7. The minimum absolute atomic E-state index is 0.0305. The third-order valence-corrected chi connectivity index (χ3v) is 7.53. The molecule has 0 amide bonds. The first-order valence-corrected chi connectivity index (χ1v) is 13.8. The summed E-state index contributed by atoms with van der Waals surface area (Å²) >= 11 is 0. The van der Waals surface area contributed by atoms with Gasteiger partial charge in [0.25, 0.3) is 5.56 Å². The number of aryl methyl sites for hydroxylation is 2. The van der Waals surface area contributed by atoms with Crippen molar-refractivity contribution in [2.24, 2.45) is 7.05 Å². The maximum absolute atomic E-state index is 12.7. The Bertz CT molecular complexity index is 1340. The van der Waals surface area contributed by atoms with E-state index in [9.17, 15) is 14.7 Å². The van der Waals surface area contributed by atoms with Crippen LogP contribution in [0.25, 0.3) is 22.4 Å². The Labute approximate surface area is 227 Å². The fourth-order valence-electron chi connectivity index (χ4n) is 5.36.